The summed E-state index contributed by atoms with van der Waals surface area (Å²) in [4.78, 5) is 0. The van der Waals surface area contributed by atoms with Crippen molar-refractivity contribution in [3.63, 3.8) is 0 Å². The number of hydrogen-bond donors (Lipinski definition) is 2. The Morgan fingerprint density at radius 3 is 1.45 bits per heavy atom. The molecule has 12 aromatic rings. The van der Waals surface area contributed by atoms with Crippen LogP contribution in [0.15, 0.2) is 168 Å². The van der Waals surface area contributed by atoms with Crippen molar-refractivity contribution in [2.75, 3.05) is 0 Å². The zero-order valence-corrected chi connectivity index (χ0v) is 38.4. The molecule has 4 heterocycles. The van der Waals surface area contributed by atoms with Crippen molar-refractivity contribution >= 4 is 87.1 Å². The first kappa shape index (κ1) is 43.9. The zero-order valence-electron chi connectivity index (χ0n) is 36.0. The Morgan fingerprint density at radius 2 is 0.955 bits per heavy atom. The second-order valence-electron chi connectivity index (χ2n) is 15.7. The van der Waals surface area contributed by atoms with E-state index < -0.39 is 0 Å². The standard InChI is InChI=1S/C28H19N2O2.2C14H9N2O.Ir/c1-17-8-7-9-18(2)27(17)32-28-23-15-20-11-4-3-10-19(20)14-22(23)26(29-30-28)25-16-21-12-5-6-13-24(21)31-25;2*1-9(17)14-13-7-11-5-3-2-4-10(11)6-12(13)8-15-16-14;/h3-15H,1-2H3;2*1-8,17H;/q3*-1;+3. The Hall–Kier alpha value is -8.37. The second kappa shape index (κ2) is 18.6. The van der Waals surface area contributed by atoms with Crippen LogP contribution >= 0.6 is 0 Å². The number of aromatic nitrogens is 6. The molecule has 0 aliphatic rings. The number of benzene rings is 8. The van der Waals surface area contributed by atoms with Gasteiger partial charge in [0.25, 0.3) is 0 Å². The third-order valence-corrected chi connectivity index (χ3v) is 11.3. The Labute approximate surface area is 397 Å². The van der Waals surface area contributed by atoms with E-state index in [-0.39, 0.29) is 31.6 Å². The third kappa shape index (κ3) is 8.77. The second-order valence-corrected chi connectivity index (χ2v) is 15.7. The minimum absolute atomic E-state index is 0. The van der Waals surface area contributed by atoms with Crippen LogP contribution in [-0.4, -0.2) is 40.8 Å². The first-order valence-electron chi connectivity index (χ1n) is 20.9. The number of aliphatic hydroxyl groups excluding tert-OH is 2. The molecule has 0 atom stereocenters. The molecule has 0 fully saturated rings. The van der Waals surface area contributed by atoms with Crippen molar-refractivity contribution in [2.45, 2.75) is 13.8 Å². The van der Waals surface area contributed by atoms with Crippen LogP contribution in [0, 0.1) is 33.1 Å². The molecule has 0 saturated heterocycles. The van der Waals surface area contributed by atoms with E-state index in [2.05, 4.69) is 60.9 Å². The third-order valence-electron chi connectivity index (χ3n) is 11.3. The molecule has 0 aliphatic heterocycles. The molecule has 0 aliphatic carbocycles. The average Bonchev–Trinajstić information content (AvgIpc) is 3.77. The van der Waals surface area contributed by atoms with Gasteiger partial charge in [0, 0.05) is 11.0 Å². The molecule has 0 radical (unpaired) electrons. The van der Waals surface area contributed by atoms with Crippen molar-refractivity contribution in [1.29, 1.82) is 0 Å². The molecule has 12 rings (SSSR count). The molecule has 0 amide bonds. The van der Waals surface area contributed by atoms with E-state index in [0.717, 1.165) is 92.5 Å². The molecular formula is C56H37IrN6O4. The summed E-state index contributed by atoms with van der Waals surface area (Å²) < 4.78 is 12.4. The molecule has 10 nitrogen and oxygen atoms in total. The van der Waals surface area contributed by atoms with Gasteiger partial charge in [-0.3, -0.25) is 0 Å². The number of hydrogen-bond acceptors (Lipinski definition) is 10. The Bertz CT molecular complexity index is 3690. The number of fused-ring (bicyclic) bond motifs is 7. The SMILES string of the molecule is Cc1cccc(C)c1Oc1nnc(-c2[c-]c3ccccc3o2)c2cc3ccccc3cc12.[CH-]=C(O)c1nncc2cc3ccccc3cc12.[CH-]=C(O)c1nncc2cc3ccccc3cc12.[Ir+3]. The van der Waals surface area contributed by atoms with Crippen molar-refractivity contribution in [3.8, 4) is 23.1 Å². The molecule has 0 unspecified atom stereocenters. The molecule has 4 aromatic heterocycles. The van der Waals surface area contributed by atoms with Gasteiger partial charge in [0.05, 0.1) is 23.8 Å². The van der Waals surface area contributed by atoms with Crippen LogP contribution in [0.25, 0.3) is 98.6 Å². The fraction of sp³-hybridized carbons (Fsp3) is 0.0357. The maximum atomic E-state index is 9.39. The average molecular weight is 1050 g/mol. The topological polar surface area (TPSA) is 140 Å². The zero-order chi connectivity index (χ0) is 45.3. The quantitative estimate of drug-likeness (QED) is 0.0972. The largest absolute Gasteiger partial charge is 3.00 e. The molecule has 8 aromatic carbocycles. The summed E-state index contributed by atoms with van der Waals surface area (Å²) in [6, 6.07) is 53.6. The van der Waals surface area contributed by atoms with E-state index in [1.807, 2.05) is 141 Å². The van der Waals surface area contributed by atoms with Gasteiger partial charge in [-0.1, -0.05) is 138 Å². The van der Waals surface area contributed by atoms with Gasteiger partial charge in [-0.05, 0) is 115 Å². The maximum Gasteiger partial charge on any atom is 3.00 e. The van der Waals surface area contributed by atoms with E-state index in [1.165, 1.54) is 0 Å². The van der Waals surface area contributed by atoms with Crippen LogP contribution in [0.1, 0.15) is 22.5 Å². The molecule has 0 bridgehead atoms. The molecule has 324 valence electrons. The molecular weight excluding hydrogens is 1010 g/mol. The smallest absolute Gasteiger partial charge is 0.544 e. The van der Waals surface area contributed by atoms with Gasteiger partial charge in [0.15, 0.2) is 0 Å². The van der Waals surface area contributed by atoms with E-state index in [9.17, 15) is 10.2 Å². The number of para-hydroxylation sites is 2. The van der Waals surface area contributed by atoms with Crippen LogP contribution in [0.3, 0.4) is 0 Å². The van der Waals surface area contributed by atoms with Crippen LogP contribution in [0.2, 0.25) is 0 Å². The minimum Gasteiger partial charge on any atom is -0.544 e. The van der Waals surface area contributed by atoms with Gasteiger partial charge in [-0.25, -0.2) is 23.4 Å². The number of rotatable bonds is 5. The van der Waals surface area contributed by atoms with Gasteiger partial charge in [0.1, 0.15) is 5.75 Å². The molecule has 11 heteroatoms. The Balaban J connectivity index is 0.000000136. The summed E-state index contributed by atoms with van der Waals surface area (Å²) in [7, 11) is 0. The van der Waals surface area contributed by atoms with Crippen molar-refractivity contribution in [3.05, 3.63) is 206 Å². The summed E-state index contributed by atoms with van der Waals surface area (Å²) in [6.07, 6.45) is 3.32. The minimum atomic E-state index is -0.307. The van der Waals surface area contributed by atoms with Crippen LogP contribution in [0.4, 0.5) is 0 Å². The van der Waals surface area contributed by atoms with Crippen molar-refractivity contribution in [1.82, 2.24) is 30.6 Å². The van der Waals surface area contributed by atoms with E-state index in [4.69, 9.17) is 22.3 Å². The number of nitrogens with zero attached hydrogens (tertiary/aromatic N) is 6. The normalized spacial score (nSPS) is 11.0. The first-order chi connectivity index (χ1) is 32.2. The van der Waals surface area contributed by atoms with Crippen LogP contribution in [-0.2, 0) is 20.1 Å². The Morgan fingerprint density at radius 1 is 0.507 bits per heavy atom. The van der Waals surface area contributed by atoms with Gasteiger partial charge in [-0.15, -0.1) is 22.6 Å². The number of aliphatic hydroxyl groups is 2. The summed E-state index contributed by atoms with van der Waals surface area (Å²) in [6.45, 7) is 14.9. The molecule has 2 N–H and O–H groups in total. The number of aryl methyl sites for hydroxylation is 2. The molecule has 67 heavy (non-hydrogen) atoms. The van der Waals surface area contributed by atoms with Gasteiger partial charge in [0.2, 0.25) is 5.88 Å². The summed E-state index contributed by atoms with van der Waals surface area (Å²) in [5, 5.41) is 55.9. The van der Waals surface area contributed by atoms with Crippen LogP contribution < -0.4 is 4.74 Å². The van der Waals surface area contributed by atoms with Crippen molar-refractivity contribution in [2.24, 2.45) is 0 Å². The predicted molar refractivity (Wildman–Crippen MR) is 262 cm³/mol. The number of ether oxygens (including phenoxy) is 1. The van der Waals surface area contributed by atoms with Crippen LogP contribution in [0.5, 0.6) is 11.6 Å². The monoisotopic (exact) mass is 1050 g/mol. The fourth-order valence-electron chi connectivity index (χ4n) is 8.06. The van der Waals surface area contributed by atoms with E-state index in [1.54, 1.807) is 12.4 Å². The summed E-state index contributed by atoms with van der Waals surface area (Å²) >= 11 is 0. The van der Waals surface area contributed by atoms with Gasteiger partial charge < -0.3 is 19.4 Å². The molecule has 0 saturated carbocycles. The van der Waals surface area contributed by atoms with E-state index >= 15 is 0 Å². The predicted octanol–water partition coefficient (Wildman–Crippen LogP) is 13.6. The van der Waals surface area contributed by atoms with E-state index in [0.29, 0.717) is 28.7 Å². The first-order valence-corrected chi connectivity index (χ1v) is 20.9. The molecule has 0 spiro atoms. The number of furan rings is 1. The maximum absolute atomic E-state index is 9.39. The summed E-state index contributed by atoms with van der Waals surface area (Å²) in [5.41, 5.74) is 4.18. The van der Waals surface area contributed by atoms with Gasteiger partial charge >= 0.3 is 20.1 Å². The fourth-order valence-corrected chi connectivity index (χ4v) is 8.06. The summed E-state index contributed by atoms with van der Waals surface area (Å²) in [5.74, 6) is 1.23. The Kier molecular flexibility index (Phi) is 12.2. The van der Waals surface area contributed by atoms with Crippen molar-refractivity contribution < 1.29 is 39.5 Å². The van der Waals surface area contributed by atoms with Gasteiger partial charge in [-0.2, -0.15) is 15.3 Å².